The highest BCUT2D eigenvalue weighted by Crippen LogP contribution is 2.11. The topological polar surface area (TPSA) is 77.3 Å². The van der Waals surface area contributed by atoms with Crippen LogP contribution in [0, 0.1) is 0 Å². The molecule has 2 aromatic rings. The van der Waals surface area contributed by atoms with Gasteiger partial charge in [-0.15, -0.1) is 0 Å². The molecule has 0 unspecified atom stereocenters. The second-order valence-corrected chi connectivity index (χ2v) is 7.44. The molecule has 2 heterocycles. The summed E-state index contributed by atoms with van der Waals surface area (Å²) in [6.45, 7) is 5.01. The fourth-order valence-corrected chi connectivity index (χ4v) is 3.63. The molecule has 0 saturated carbocycles. The van der Waals surface area contributed by atoms with Crippen molar-refractivity contribution in [2.75, 3.05) is 37.7 Å². The average molecular weight is 386 g/mol. The molecular weight excluding hydrogens is 354 g/mol. The quantitative estimate of drug-likeness (QED) is 0.336. The summed E-state index contributed by atoms with van der Waals surface area (Å²) in [7, 11) is 0. The first kappa shape index (κ1) is 20.3. The lowest BCUT2D eigenvalue weighted by Crippen LogP contribution is -2.65. The number of rotatable bonds is 11. The number of nitrogens with one attached hydrogen (secondary N) is 1. The highest BCUT2D eigenvalue weighted by molar-refractivity contribution is 5.95. The number of Topliss-reactive ketones (excluding diaryl/α,β-unsaturated/α-hetero) is 1. The molecule has 1 aromatic heterocycles. The van der Waals surface area contributed by atoms with E-state index in [1.807, 2.05) is 30.3 Å². The number of ketones is 1. The molecule has 1 aliphatic heterocycles. The Morgan fingerprint density at radius 3 is 2.36 bits per heavy atom. The van der Waals surface area contributed by atoms with Crippen molar-refractivity contribution in [3.05, 3.63) is 47.8 Å². The molecule has 3 rings (SSSR count). The fraction of sp³-hybridized carbons (Fsp3) is 0.571. The maximum absolute atomic E-state index is 12.0. The van der Waals surface area contributed by atoms with Crippen LogP contribution < -0.4 is 9.80 Å². The van der Waals surface area contributed by atoms with Crippen molar-refractivity contribution in [1.29, 1.82) is 0 Å². The van der Waals surface area contributed by atoms with Crippen LogP contribution in [0.1, 0.15) is 55.3 Å². The zero-order valence-corrected chi connectivity index (χ0v) is 16.6. The fourth-order valence-electron chi connectivity index (χ4n) is 3.63. The number of carbonyl (C=O) groups is 1. The molecule has 0 aliphatic carbocycles. The summed E-state index contributed by atoms with van der Waals surface area (Å²) in [6, 6.07) is 9.60. The van der Waals surface area contributed by atoms with Crippen LogP contribution in [0.25, 0.3) is 5.73 Å². The normalized spacial score (nSPS) is 15.1. The van der Waals surface area contributed by atoms with Gasteiger partial charge in [-0.1, -0.05) is 56.0 Å². The molecule has 1 fully saturated rings. The van der Waals surface area contributed by atoms with Gasteiger partial charge < -0.3 is 10.3 Å². The van der Waals surface area contributed by atoms with Crippen LogP contribution in [-0.4, -0.2) is 48.7 Å². The number of hydrogen-bond acceptors (Lipinski definition) is 5. The van der Waals surface area contributed by atoms with Gasteiger partial charge in [-0.25, -0.2) is 0 Å². The van der Waals surface area contributed by atoms with E-state index in [-0.39, 0.29) is 11.7 Å². The molecule has 1 N–H and O–H groups in total. The van der Waals surface area contributed by atoms with Crippen molar-refractivity contribution in [2.24, 2.45) is 0 Å². The summed E-state index contributed by atoms with van der Waals surface area (Å²) in [5.41, 5.74) is 8.24. The average Bonchev–Trinajstić information content (AvgIpc) is 3.17. The summed E-state index contributed by atoms with van der Waals surface area (Å²) in [5, 5.41) is 5.95. The maximum Gasteiger partial charge on any atom is 0.256 e. The van der Waals surface area contributed by atoms with Crippen molar-refractivity contribution in [2.45, 2.75) is 44.9 Å². The van der Waals surface area contributed by atoms with E-state index >= 15 is 0 Å². The Bertz CT molecular complexity index is 711. The van der Waals surface area contributed by atoms with Crippen molar-refractivity contribution >= 4 is 11.7 Å². The van der Waals surface area contributed by atoms with Gasteiger partial charge in [-0.3, -0.25) is 9.69 Å². The molecule has 1 aromatic carbocycles. The lowest BCUT2D eigenvalue weighted by atomic mass is 10.0. The molecule has 1 saturated heterocycles. The third-order valence-corrected chi connectivity index (χ3v) is 5.32. The van der Waals surface area contributed by atoms with Crippen LogP contribution in [-0.2, 0) is 0 Å². The summed E-state index contributed by atoms with van der Waals surface area (Å²) >= 11 is 0. The summed E-state index contributed by atoms with van der Waals surface area (Å²) in [5.74, 6) is 0.356. The number of nitrogens with zero attached hydrogens (tertiary/aromatic N) is 4. The van der Waals surface area contributed by atoms with Gasteiger partial charge in [0.2, 0.25) is 5.27 Å². The van der Waals surface area contributed by atoms with Crippen LogP contribution in [0.15, 0.2) is 41.1 Å². The molecule has 28 heavy (non-hydrogen) atoms. The van der Waals surface area contributed by atoms with E-state index in [9.17, 15) is 4.79 Å². The Morgan fingerprint density at radius 1 is 1.00 bits per heavy atom. The molecule has 0 bridgehead atoms. The summed E-state index contributed by atoms with van der Waals surface area (Å²) < 4.78 is 4.81. The first-order chi connectivity index (χ1) is 13.7. The third-order valence-electron chi connectivity index (χ3n) is 5.32. The van der Waals surface area contributed by atoms with E-state index in [1.165, 1.54) is 25.7 Å². The van der Waals surface area contributed by atoms with Gasteiger partial charge in [-0.05, 0) is 19.4 Å². The number of aromatic nitrogens is 2. The van der Waals surface area contributed by atoms with Gasteiger partial charge in [-0.2, -0.15) is 5.01 Å². The highest BCUT2D eigenvalue weighted by Gasteiger charge is 2.24. The second-order valence-electron chi connectivity index (χ2n) is 7.44. The Hall–Kier alpha value is -2.41. The lowest BCUT2D eigenvalue weighted by Gasteiger charge is -2.29. The Labute approximate surface area is 167 Å². The van der Waals surface area contributed by atoms with Crippen molar-refractivity contribution in [3.8, 4) is 0 Å². The van der Waals surface area contributed by atoms with Crippen LogP contribution >= 0.6 is 0 Å². The van der Waals surface area contributed by atoms with Crippen LogP contribution in [0.4, 0.5) is 5.88 Å². The summed E-state index contributed by atoms with van der Waals surface area (Å²) in [4.78, 5) is 16.2. The van der Waals surface area contributed by atoms with E-state index < -0.39 is 0 Å². The van der Waals surface area contributed by atoms with Gasteiger partial charge in [0.05, 0.1) is 17.9 Å². The number of hydrogen-bond donors (Lipinski definition) is 0. The Kier molecular flexibility index (Phi) is 7.84. The van der Waals surface area contributed by atoms with Crippen molar-refractivity contribution in [1.82, 2.24) is 10.2 Å². The zero-order chi connectivity index (χ0) is 19.6. The predicted molar refractivity (Wildman–Crippen MR) is 108 cm³/mol. The largest absolute Gasteiger partial charge is 0.660 e. The molecule has 0 amide bonds. The molecule has 0 spiro atoms. The Morgan fingerprint density at radius 2 is 1.68 bits per heavy atom. The van der Waals surface area contributed by atoms with E-state index in [4.69, 9.17) is 10.3 Å². The smallest absolute Gasteiger partial charge is 0.256 e. The van der Waals surface area contributed by atoms with Crippen LogP contribution in [0.5, 0.6) is 0 Å². The number of piperazine rings is 1. The first-order valence-corrected chi connectivity index (χ1v) is 10.4. The van der Waals surface area contributed by atoms with Crippen LogP contribution in [0.2, 0.25) is 0 Å². The predicted octanol–water partition coefficient (Wildman–Crippen LogP) is 3.51. The highest BCUT2D eigenvalue weighted by atomic mass is 16.5. The molecule has 7 heteroatoms. The number of carbonyl (C=O) groups excluding carboxylic acids is 1. The molecular formula is C21H31N5O2. The molecule has 0 radical (unpaired) electrons. The maximum atomic E-state index is 12.0. The monoisotopic (exact) mass is 385 g/mol. The zero-order valence-electron chi connectivity index (χ0n) is 16.6. The first-order valence-electron chi connectivity index (χ1n) is 10.4. The van der Waals surface area contributed by atoms with E-state index in [1.54, 1.807) is 11.0 Å². The number of unbranched alkanes of at least 4 members (excludes halogenated alkanes) is 5. The molecule has 0 atom stereocenters. The van der Waals surface area contributed by atoms with Gasteiger partial charge in [0, 0.05) is 25.1 Å². The van der Waals surface area contributed by atoms with Crippen molar-refractivity contribution < 1.29 is 14.1 Å². The minimum atomic E-state index is 0.0897. The van der Waals surface area contributed by atoms with Crippen LogP contribution in [0.3, 0.4) is 0 Å². The van der Waals surface area contributed by atoms with Crippen molar-refractivity contribution in [3.63, 3.8) is 0 Å². The standard InChI is InChI=1S/C21H31N5O2/c22-21-18-26(23-28-21)25-16-14-24(15-17-25)13-9-4-2-1-3-8-12-20(27)19-10-6-5-7-11-19/h5-7,10-11,18H,1-4,8-9,12-17H2,(H-,22,23). The van der Waals surface area contributed by atoms with Gasteiger partial charge in [0.15, 0.2) is 5.78 Å². The Balaban J connectivity index is 1.17. The van der Waals surface area contributed by atoms with E-state index in [0.717, 1.165) is 51.1 Å². The SMILES string of the molecule is [NH-]c1c[n+](N2CCN(CCCCCCCCC(=O)c3ccccc3)CC2)no1. The second kappa shape index (κ2) is 10.8. The molecule has 152 valence electrons. The van der Waals surface area contributed by atoms with E-state index in [0.29, 0.717) is 6.42 Å². The summed E-state index contributed by atoms with van der Waals surface area (Å²) in [6.07, 6.45) is 9.36. The lowest BCUT2D eigenvalue weighted by molar-refractivity contribution is -0.759. The minimum Gasteiger partial charge on any atom is -0.660 e. The third kappa shape index (κ3) is 6.34. The number of benzene rings is 1. The van der Waals surface area contributed by atoms with Gasteiger partial charge in [0.1, 0.15) is 5.88 Å². The molecule has 7 nitrogen and oxygen atoms in total. The van der Waals surface area contributed by atoms with Gasteiger partial charge in [0.25, 0.3) is 6.20 Å². The molecule has 1 aliphatic rings. The van der Waals surface area contributed by atoms with Gasteiger partial charge >= 0.3 is 0 Å². The van der Waals surface area contributed by atoms with E-state index in [2.05, 4.69) is 15.2 Å². The minimum absolute atomic E-state index is 0.0897.